The largest absolute Gasteiger partial charge is 0.340 e. The van der Waals surface area contributed by atoms with Gasteiger partial charge >= 0.3 is 0 Å². The van der Waals surface area contributed by atoms with Crippen molar-refractivity contribution in [3.05, 3.63) is 30.5 Å². The Morgan fingerprint density at radius 1 is 1.39 bits per heavy atom. The van der Waals surface area contributed by atoms with Crippen molar-refractivity contribution < 1.29 is 0 Å². The highest BCUT2D eigenvalue weighted by Gasteiger charge is 2.11. The molecule has 0 aliphatic rings. The fraction of sp³-hybridized carbons (Fsp3) is 0.357. The molecule has 4 heteroatoms. The van der Waals surface area contributed by atoms with Gasteiger partial charge in [-0.25, -0.2) is 9.97 Å². The maximum atomic E-state index is 8.88. The van der Waals surface area contributed by atoms with E-state index in [0.717, 1.165) is 17.4 Å². The molecular weight excluding hydrogens is 224 g/mol. The number of para-hydroxylation sites is 1. The number of aromatic nitrogens is 2. The van der Waals surface area contributed by atoms with E-state index in [-0.39, 0.29) is 5.92 Å². The van der Waals surface area contributed by atoms with Crippen LogP contribution in [-0.2, 0) is 0 Å². The molecule has 0 radical (unpaired) electrons. The molecule has 4 nitrogen and oxygen atoms in total. The summed E-state index contributed by atoms with van der Waals surface area (Å²) < 4.78 is 0. The van der Waals surface area contributed by atoms with Gasteiger partial charge in [0.15, 0.2) is 0 Å². The summed E-state index contributed by atoms with van der Waals surface area (Å²) in [6, 6.07) is 10.1. The monoisotopic (exact) mass is 240 g/mol. The van der Waals surface area contributed by atoms with E-state index in [9.17, 15) is 0 Å². The maximum Gasteiger partial charge on any atom is 0.225 e. The molecule has 2 aromatic rings. The van der Waals surface area contributed by atoms with Gasteiger partial charge in [0.2, 0.25) is 5.95 Å². The van der Waals surface area contributed by atoms with E-state index in [0.29, 0.717) is 12.5 Å². The fourth-order valence-corrected chi connectivity index (χ4v) is 1.84. The third-order valence-corrected chi connectivity index (χ3v) is 2.86. The molecule has 0 aliphatic heterocycles. The van der Waals surface area contributed by atoms with Gasteiger partial charge in [-0.05, 0) is 19.9 Å². The summed E-state index contributed by atoms with van der Waals surface area (Å²) in [5.74, 6) is 0.665. The van der Waals surface area contributed by atoms with E-state index in [4.69, 9.17) is 5.26 Å². The summed E-state index contributed by atoms with van der Waals surface area (Å²) in [4.78, 5) is 10.9. The Balaban J connectivity index is 2.31. The molecule has 0 amide bonds. The van der Waals surface area contributed by atoms with Crippen LogP contribution >= 0.6 is 0 Å². The molecule has 0 spiro atoms. The zero-order valence-electron chi connectivity index (χ0n) is 10.7. The van der Waals surface area contributed by atoms with Gasteiger partial charge in [0, 0.05) is 24.7 Å². The van der Waals surface area contributed by atoms with Crippen molar-refractivity contribution in [2.75, 3.05) is 18.0 Å². The first kappa shape index (κ1) is 12.3. The third kappa shape index (κ3) is 2.57. The van der Waals surface area contributed by atoms with Crippen LogP contribution in [-0.4, -0.2) is 23.1 Å². The summed E-state index contributed by atoms with van der Waals surface area (Å²) in [5, 5.41) is 9.91. The lowest BCUT2D eigenvalue weighted by Crippen LogP contribution is -2.29. The summed E-state index contributed by atoms with van der Waals surface area (Å²) in [6.45, 7) is 5.40. The number of nitrogens with zero attached hydrogens (tertiary/aromatic N) is 4. The summed E-state index contributed by atoms with van der Waals surface area (Å²) in [6.07, 6.45) is 1.83. The van der Waals surface area contributed by atoms with Gasteiger partial charge in [-0.3, -0.25) is 0 Å². The molecular formula is C14H16N4. The second-order valence-electron chi connectivity index (χ2n) is 4.30. The highest BCUT2D eigenvalue weighted by atomic mass is 15.2. The number of hydrogen-bond donors (Lipinski definition) is 0. The van der Waals surface area contributed by atoms with Crippen molar-refractivity contribution in [3.63, 3.8) is 0 Å². The lowest BCUT2D eigenvalue weighted by molar-refractivity contribution is 0.672. The highest BCUT2D eigenvalue weighted by molar-refractivity contribution is 5.78. The Hall–Kier alpha value is -2.15. The van der Waals surface area contributed by atoms with E-state index in [1.54, 1.807) is 0 Å². The Kier molecular flexibility index (Phi) is 3.73. The first-order valence-electron chi connectivity index (χ1n) is 6.11. The molecule has 1 atom stereocenters. The minimum Gasteiger partial charge on any atom is -0.340 e. The molecule has 0 saturated heterocycles. The Morgan fingerprint density at radius 3 is 2.89 bits per heavy atom. The van der Waals surface area contributed by atoms with Crippen molar-refractivity contribution in [1.82, 2.24) is 9.97 Å². The second kappa shape index (κ2) is 5.46. The first-order valence-corrected chi connectivity index (χ1v) is 6.11. The topological polar surface area (TPSA) is 52.8 Å². The molecule has 1 aromatic carbocycles. The number of anilines is 1. The predicted octanol–water partition coefficient (Wildman–Crippen LogP) is 2.62. The van der Waals surface area contributed by atoms with Gasteiger partial charge in [-0.15, -0.1) is 0 Å². The summed E-state index contributed by atoms with van der Waals surface area (Å²) >= 11 is 0. The molecule has 0 aliphatic carbocycles. The van der Waals surface area contributed by atoms with E-state index in [1.807, 2.05) is 49.2 Å². The maximum absolute atomic E-state index is 8.88. The molecule has 1 unspecified atom stereocenters. The van der Waals surface area contributed by atoms with Crippen LogP contribution in [0.15, 0.2) is 30.5 Å². The second-order valence-corrected chi connectivity index (χ2v) is 4.30. The zero-order chi connectivity index (χ0) is 13.0. The average Bonchev–Trinajstić information content (AvgIpc) is 2.44. The van der Waals surface area contributed by atoms with Crippen molar-refractivity contribution in [2.45, 2.75) is 13.8 Å². The van der Waals surface area contributed by atoms with Crippen LogP contribution in [0, 0.1) is 17.2 Å². The van der Waals surface area contributed by atoms with Crippen molar-refractivity contribution in [2.24, 2.45) is 5.92 Å². The first-order chi connectivity index (χ1) is 8.74. The predicted molar refractivity (Wildman–Crippen MR) is 72.2 cm³/mol. The van der Waals surface area contributed by atoms with Gasteiger partial charge in [0.25, 0.3) is 0 Å². The third-order valence-electron chi connectivity index (χ3n) is 2.86. The summed E-state index contributed by atoms with van der Waals surface area (Å²) in [7, 11) is 0. The molecule has 92 valence electrons. The molecule has 1 heterocycles. The quantitative estimate of drug-likeness (QED) is 0.824. The number of fused-ring (bicyclic) bond motifs is 1. The van der Waals surface area contributed by atoms with Crippen LogP contribution in [0.4, 0.5) is 5.95 Å². The van der Waals surface area contributed by atoms with Gasteiger partial charge in [0.05, 0.1) is 17.5 Å². The fourth-order valence-electron chi connectivity index (χ4n) is 1.84. The zero-order valence-corrected chi connectivity index (χ0v) is 10.7. The van der Waals surface area contributed by atoms with E-state index >= 15 is 0 Å². The van der Waals surface area contributed by atoms with Crippen LogP contribution in [0.3, 0.4) is 0 Å². The van der Waals surface area contributed by atoms with E-state index in [1.165, 1.54) is 0 Å². The Morgan fingerprint density at radius 2 is 2.17 bits per heavy atom. The average molecular weight is 240 g/mol. The van der Waals surface area contributed by atoms with Crippen LogP contribution in [0.25, 0.3) is 10.9 Å². The lowest BCUT2D eigenvalue weighted by Gasteiger charge is -2.21. The van der Waals surface area contributed by atoms with Crippen molar-refractivity contribution in [1.29, 1.82) is 5.26 Å². The Labute approximate surface area is 107 Å². The summed E-state index contributed by atoms with van der Waals surface area (Å²) in [5.41, 5.74) is 0.936. The number of rotatable bonds is 4. The number of hydrogen-bond acceptors (Lipinski definition) is 4. The van der Waals surface area contributed by atoms with Crippen molar-refractivity contribution in [3.8, 4) is 6.07 Å². The smallest absolute Gasteiger partial charge is 0.225 e. The number of benzene rings is 1. The van der Waals surface area contributed by atoms with Crippen LogP contribution in [0.2, 0.25) is 0 Å². The molecule has 2 rings (SSSR count). The number of nitriles is 1. The molecule has 0 N–H and O–H groups in total. The minimum absolute atomic E-state index is 0.0278. The van der Waals surface area contributed by atoms with Crippen LogP contribution < -0.4 is 4.90 Å². The molecule has 0 bridgehead atoms. The molecule has 18 heavy (non-hydrogen) atoms. The highest BCUT2D eigenvalue weighted by Crippen LogP contribution is 2.15. The van der Waals surface area contributed by atoms with Crippen LogP contribution in [0.1, 0.15) is 13.8 Å². The standard InChI is InChI=1S/C14H16N4/c1-3-18(10-11(2)8-15)14-16-9-12-6-4-5-7-13(12)17-14/h4-7,9,11H,3,10H2,1-2H3. The van der Waals surface area contributed by atoms with Gasteiger partial charge in [-0.2, -0.15) is 5.26 Å². The Bertz CT molecular complexity index is 573. The van der Waals surface area contributed by atoms with E-state index in [2.05, 4.69) is 16.0 Å². The van der Waals surface area contributed by atoms with E-state index < -0.39 is 0 Å². The van der Waals surface area contributed by atoms with Crippen LogP contribution in [0.5, 0.6) is 0 Å². The lowest BCUT2D eigenvalue weighted by atomic mass is 10.2. The molecule has 1 aromatic heterocycles. The van der Waals surface area contributed by atoms with Gasteiger partial charge in [-0.1, -0.05) is 18.2 Å². The molecule has 0 saturated carbocycles. The van der Waals surface area contributed by atoms with Gasteiger partial charge < -0.3 is 4.90 Å². The minimum atomic E-state index is -0.0278. The normalized spacial score (nSPS) is 12.1. The van der Waals surface area contributed by atoms with Crippen molar-refractivity contribution >= 4 is 16.9 Å². The molecule has 0 fully saturated rings. The van der Waals surface area contributed by atoms with Gasteiger partial charge in [0.1, 0.15) is 0 Å². The SMILES string of the molecule is CCN(CC(C)C#N)c1ncc2ccccc2n1.